The lowest BCUT2D eigenvalue weighted by atomic mass is 9.90. The first-order valence-corrected chi connectivity index (χ1v) is 12.9. The molecule has 0 bridgehead atoms. The molecule has 1 aromatic heterocycles. The fourth-order valence-corrected chi connectivity index (χ4v) is 5.62. The molecule has 0 spiro atoms. The number of carbonyl (C=O) groups is 2. The van der Waals surface area contributed by atoms with E-state index in [9.17, 15) is 9.59 Å². The summed E-state index contributed by atoms with van der Waals surface area (Å²) in [6, 6.07) is 24.7. The third-order valence-electron chi connectivity index (χ3n) is 6.73. The van der Waals surface area contributed by atoms with E-state index in [1.54, 1.807) is 11.3 Å². The van der Waals surface area contributed by atoms with E-state index in [0.717, 1.165) is 24.0 Å². The van der Waals surface area contributed by atoms with Gasteiger partial charge in [-0.15, -0.1) is 11.3 Å². The van der Waals surface area contributed by atoms with Crippen LogP contribution < -0.4 is 0 Å². The number of hydrogen-bond acceptors (Lipinski definition) is 3. The van der Waals surface area contributed by atoms with Crippen molar-refractivity contribution in [3.63, 3.8) is 0 Å². The largest absolute Gasteiger partial charge is 0.338 e. The van der Waals surface area contributed by atoms with E-state index < -0.39 is 0 Å². The Labute approximate surface area is 205 Å². The van der Waals surface area contributed by atoms with Crippen LogP contribution in [0.5, 0.6) is 0 Å². The Bertz CT molecular complexity index is 1080. The number of thiophene rings is 1. The molecule has 1 saturated heterocycles. The van der Waals surface area contributed by atoms with Gasteiger partial charge >= 0.3 is 6.03 Å². The zero-order valence-electron chi connectivity index (χ0n) is 19.6. The summed E-state index contributed by atoms with van der Waals surface area (Å²) in [5.41, 5.74) is 2.01. The van der Waals surface area contributed by atoms with E-state index >= 15 is 0 Å². The molecule has 1 aliphatic heterocycles. The zero-order valence-corrected chi connectivity index (χ0v) is 20.4. The molecule has 1 saturated carbocycles. The number of benzene rings is 2. The molecule has 3 aromatic rings. The molecule has 0 atom stereocenters. The molecule has 176 valence electrons. The maximum Gasteiger partial charge on any atom is 0.320 e. The summed E-state index contributed by atoms with van der Waals surface area (Å²) in [5.74, 6) is -0.215. The first kappa shape index (κ1) is 22.7. The number of carbonyl (C=O) groups excluding carboxylic acids is 2. The number of urea groups is 1. The van der Waals surface area contributed by atoms with Crippen LogP contribution in [0.2, 0.25) is 0 Å². The summed E-state index contributed by atoms with van der Waals surface area (Å²) in [5, 5.41) is 0. The van der Waals surface area contributed by atoms with E-state index in [2.05, 4.69) is 19.1 Å². The molecule has 2 fully saturated rings. The Hall–Kier alpha value is -3.12. The van der Waals surface area contributed by atoms with Crippen LogP contribution in [0, 0.1) is 6.92 Å². The van der Waals surface area contributed by atoms with Crippen LogP contribution in [-0.4, -0.2) is 58.9 Å². The minimum absolute atomic E-state index is 0.109. The molecule has 5 rings (SSSR count). The first-order chi connectivity index (χ1) is 16.6. The average Bonchev–Trinajstić information content (AvgIpc) is 3.64. The van der Waals surface area contributed by atoms with Crippen molar-refractivity contribution in [1.29, 1.82) is 0 Å². The second-order valence-electron chi connectivity index (χ2n) is 9.22. The van der Waals surface area contributed by atoms with Crippen LogP contribution in [0.1, 0.15) is 39.6 Å². The molecule has 3 amide bonds. The predicted molar refractivity (Wildman–Crippen MR) is 136 cm³/mol. The second kappa shape index (κ2) is 10.0. The van der Waals surface area contributed by atoms with E-state index in [1.165, 1.54) is 9.75 Å². The summed E-state index contributed by atoms with van der Waals surface area (Å²) in [6.45, 7) is 5.08. The van der Waals surface area contributed by atoms with Crippen molar-refractivity contribution in [2.45, 2.75) is 38.3 Å². The summed E-state index contributed by atoms with van der Waals surface area (Å²) >= 11 is 1.76. The lowest BCUT2D eigenvalue weighted by Gasteiger charge is -2.39. The van der Waals surface area contributed by atoms with Crippen molar-refractivity contribution in [1.82, 2.24) is 14.7 Å². The minimum Gasteiger partial charge on any atom is -0.338 e. The highest BCUT2D eigenvalue weighted by molar-refractivity contribution is 7.11. The number of hydrogen-bond donors (Lipinski definition) is 0. The van der Waals surface area contributed by atoms with Crippen molar-refractivity contribution in [2.75, 3.05) is 26.2 Å². The molecule has 2 aliphatic rings. The zero-order chi connectivity index (χ0) is 23.5. The molecule has 0 unspecified atom stereocenters. The number of amides is 3. The van der Waals surface area contributed by atoms with E-state index in [0.29, 0.717) is 38.8 Å². The molecular formula is C28H31N3O2S. The lowest BCUT2D eigenvalue weighted by Crippen LogP contribution is -2.55. The maximum absolute atomic E-state index is 13.7. The molecule has 34 heavy (non-hydrogen) atoms. The number of nitrogens with zero attached hydrogens (tertiary/aromatic N) is 3. The van der Waals surface area contributed by atoms with Gasteiger partial charge in [0, 0.05) is 42.0 Å². The third-order valence-corrected chi connectivity index (χ3v) is 7.72. The van der Waals surface area contributed by atoms with Gasteiger partial charge in [-0.05, 0) is 43.0 Å². The van der Waals surface area contributed by atoms with Gasteiger partial charge in [0.2, 0.25) is 5.91 Å². The third kappa shape index (κ3) is 5.02. The minimum atomic E-state index is -0.324. The molecule has 1 aliphatic carbocycles. The Balaban J connectivity index is 1.26. The van der Waals surface area contributed by atoms with Crippen LogP contribution >= 0.6 is 11.3 Å². The maximum atomic E-state index is 13.7. The number of rotatable bonds is 6. The van der Waals surface area contributed by atoms with Gasteiger partial charge in [-0.1, -0.05) is 60.7 Å². The van der Waals surface area contributed by atoms with Crippen LogP contribution in [0.4, 0.5) is 4.79 Å². The van der Waals surface area contributed by atoms with Gasteiger partial charge in [0.1, 0.15) is 0 Å². The molecule has 2 heterocycles. The summed E-state index contributed by atoms with van der Waals surface area (Å²) in [6.07, 6.45) is 2.18. The monoisotopic (exact) mass is 473 g/mol. The highest BCUT2D eigenvalue weighted by atomic mass is 32.1. The molecular weight excluding hydrogens is 442 g/mol. The van der Waals surface area contributed by atoms with Crippen molar-refractivity contribution >= 4 is 23.3 Å². The normalized spacial score (nSPS) is 16.1. The van der Waals surface area contributed by atoms with Crippen LogP contribution in [0.25, 0.3) is 0 Å². The van der Waals surface area contributed by atoms with Gasteiger partial charge in [-0.25, -0.2) is 4.79 Å². The highest BCUT2D eigenvalue weighted by Gasteiger charge is 2.37. The van der Waals surface area contributed by atoms with Crippen LogP contribution in [0.3, 0.4) is 0 Å². The van der Waals surface area contributed by atoms with Crippen molar-refractivity contribution in [2.24, 2.45) is 0 Å². The van der Waals surface area contributed by atoms with Gasteiger partial charge in [-0.2, -0.15) is 0 Å². The van der Waals surface area contributed by atoms with E-state index in [4.69, 9.17) is 0 Å². The standard InChI is InChI=1S/C28H31N3O2S/c1-21-12-15-25(34-21)20-31(24-13-14-24)28(33)30-18-16-29(17-19-30)27(32)26(22-8-4-2-5-9-22)23-10-6-3-7-11-23/h2-12,15,24,26H,13-14,16-20H2,1H3. The Morgan fingerprint density at radius 2 is 1.41 bits per heavy atom. The summed E-state index contributed by atoms with van der Waals surface area (Å²) < 4.78 is 0. The average molecular weight is 474 g/mol. The smallest absolute Gasteiger partial charge is 0.320 e. The number of piperazine rings is 1. The molecule has 2 aromatic carbocycles. The van der Waals surface area contributed by atoms with E-state index in [-0.39, 0.29) is 17.9 Å². The molecule has 6 heteroatoms. The van der Waals surface area contributed by atoms with Crippen LogP contribution in [-0.2, 0) is 11.3 Å². The highest BCUT2D eigenvalue weighted by Crippen LogP contribution is 2.32. The Morgan fingerprint density at radius 3 is 1.91 bits per heavy atom. The summed E-state index contributed by atoms with van der Waals surface area (Å²) in [7, 11) is 0. The first-order valence-electron chi connectivity index (χ1n) is 12.1. The van der Waals surface area contributed by atoms with Gasteiger partial charge in [0.25, 0.3) is 0 Å². The van der Waals surface area contributed by atoms with Gasteiger partial charge in [0.15, 0.2) is 0 Å². The van der Waals surface area contributed by atoms with Gasteiger partial charge in [0.05, 0.1) is 12.5 Å². The van der Waals surface area contributed by atoms with Crippen molar-refractivity contribution in [3.05, 3.63) is 93.7 Å². The molecule has 0 N–H and O–H groups in total. The second-order valence-corrected chi connectivity index (χ2v) is 10.6. The fourth-order valence-electron chi connectivity index (χ4n) is 4.73. The quantitative estimate of drug-likeness (QED) is 0.499. The lowest BCUT2D eigenvalue weighted by molar-refractivity contribution is -0.133. The van der Waals surface area contributed by atoms with Gasteiger partial charge in [-0.3, -0.25) is 4.79 Å². The van der Waals surface area contributed by atoms with Crippen molar-refractivity contribution < 1.29 is 9.59 Å². The SMILES string of the molecule is Cc1ccc(CN(C(=O)N2CCN(C(=O)C(c3ccccc3)c3ccccc3)CC2)C2CC2)s1. The van der Waals surface area contributed by atoms with Crippen LogP contribution in [0.15, 0.2) is 72.8 Å². The summed E-state index contributed by atoms with van der Waals surface area (Å²) in [4.78, 5) is 35.5. The number of aryl methyl sites for hydroxylation is 1. The van der Waals surface area contributed by atoms with Gasteiger partial charge < -0.3 is 14.7 Å². The Morgan fingerprint density at radius 1 is 0.853 bits per heavy atom. The Kier molecular flexibility index (Phi) is 6.68. The van der Waals surface area contributed by atoms with Crippen molar-refractivity contribution in [3.8, 4) is 0 Å². The fraction of sp³-hybridized carbons (Fsp3) is 0.357. The predicted octanol–water partition coefficient (Wildman–Crippen LogP) is 5.12. The van der Waals surface area contributed by atoms with E-state index in [1.807, 2.05) is 75.4 Å². The molecule has 0 radical (unpaired) electrons. The topological polar surface area (TPSA) is 43.9 Å². The molecule has 5 nitrogen and oxygen atoms in total.